The third-order valence-electron chi connectivity index (χ3n) is 2.73. The van der Waals surface area contributed by atoms with Crippen molar-refractivity contribution in [2.24, 2.45) is 5.10 Å². The van der Waals surface area contributed by atoms with Crippen LogP contribution in [-0.2, 0) is 6.42 Å². The van der Waals surface area contributed by atoms with Gasteiger partial charge in [-0.05, 0) is 6.07 Å². The van der Waals surface area contributed by atoms with E-state index in [4.69, 9.17) is 5.84 Å². The van der Waals surface area contributed by atoms with Crippen molar-refractivity contribution in [3.05, 3.63) is 38.1 Å². The molecule has 0 saturated heterocycles. The molecule has 0 spiro atoms. The standard InChI is InChI=1S/C11H12BrN7O3/c1-2-9-15-17-11(18(9)13)16-14-5-6-3-7(12)4-8(10(6)20)19(21)22/h3-5,20H,2,13H2,1H3,(H,16,17)/b14-5-. The maximum absolute atomic E-state index is 10.8. The third kappa shape index (κ3) is 3.14. The van der Waals surface area contributed by atoms with Crippen molar-refractivity contribution < 1.29 is 10.0 Å². The molecule has 2 aromatic rings. The number of benzene rings is 1. The number of aromatic hydroxyl groups is 1. The van der Waals surface area contributed by atoms with Gasteiger partial charge in [-0.15, -0.1) is 10.2 Å². The Bertz CT molecular complexity index is 744. The first-order valence-corrected chi connectivity index (χ1v) is 6.88. The maximum atomic E-state index is 10.8. The molecule has 2 rings (SSSR count). The van der Waals surface area contributed by atoms with Crippen molar-refractivity contribution >= 4 is 33.8 Å². The van der Waals surface area contributed by atoms with Crippen molar-refractivity contribution in [2.75, 3.05) is 11.3 Å². The largest absolute Gasteiger partial charge is 0.502 e. The Labute approximate surface area is 132 Å². The highest BCUT2D eigenvalue weighted by Gasteiger charge is 2.17. The quantitative estimate of drug-likeness (QED) is 0.312. The zero-order chi connectivity index (χ0) is 16.3. The smallest absolute Gasteiger partial charge is 0.312 e. The summed E-state index contributed by atoms with van der Waals surface area (Å²) < 4.78 is 1.68. The van der Waals surface area contributed by atoms with Crippen LogP contribution in [0.1, 0.15) is 18.3 Å². The Morgan fingerprint density at radius 2 is 2.32 bits per heavy atom. The number of aromatic nitrogens is 3. The molecular formula is C11H12BrN7O3. The predicted molar refractivity (Wildman–Crippen MR) is 83.2 cm³/mol. The van der Waals surface area contributed by atoms with Gasteiger partial charge < -0.3 is 10.9 Å². The van der Waals surface area contributed by atoms with Gasteiger partial charge in [-0.3, -0.25) is 10.1 Å². The van der Waals surface area contributed by atoms with E-state index in [0.717, 1.165) is 0 Å². The number of nitrogens with one attached hydrogen (secondary N) is 1. The number of halogens is 1. The fourth-order valence-electron chi connectivity index (χ4n) is 1.64. The van der Waals surface area contributed by atoms with Crippen molar-refractivity contribution in [1.82, 2.24) is 14.9 Å². The fourth-order valence-corrected chi connectivity index (χ4v) is 2.11. The molecule has 0 fully saturated rings. The fraction of sp³-hybridized carbons (Fsp3) is 0.182. The van der Waals surface area contributed by atoms with Crippen LogP contribution in [0.5, 0.6) is 5.75 Å². The lowest BCUT2D eigenvalue weighted by Crippen LogP contribution is -2.14. The normalized spacial score (nSPS) is 11.0. The Balaban J connectivity index is 2.23. The minimum Gasteiger partial charge on any atom is -0.502 e. The number of nitrogen functional groups attached to an aromatic ring is 1. The highest BCUT2D eigenvalue weighted by Crippen LogP contribution is 2.32. The molecule has 0 bridgehead atoms. The Morgan fingerprint density at radius 3 is 2.91 bits per heavy atom. The average Bonchev–Trinajstić information content (AvgIpc) is 2.82. The van der Waals surface area contributed by atoms with Crippen molar-refractivity contribution in [3.8, 4) is 5.75 Å². The highest BCUT2D eigenvalue weighted by molar-refractivity contribution is 9.10. The summed E-state index contributed by atoms with van der Waals surface area (Å²) in [4.78, 5) is 10.1. The maximum Gasteiger partial charge on any atom is 0.312 e. The number of phenolic OH excluding ortho intramolecular Hbond substituents is 1. The number of phenols is 1. The molecule has 10 nitrogen and oxygen atoms in total. The van der Waals surface area contributed by atoms with Gasteiger partial charge in [0.05, 0.1) is 11.1 Å². The van der Waals surface area contributed by atoms with Crippen LogP contribution < -0.4 is 11.3 Å². The summed E-state index contributed by atoms with van der Waals surface area (Å²) in [5.74, 6) is 6.01. The van der Waals surface area contributed by atoms with Gasteiger partial charge in [-0.25, -0.2) is 10.1 Å². The number of anilines is 1. The molecular weight excluding hydrogens is 358 g/mol. The van der Waals surface area contributed by atoms with E-state index >= 15 is 0 Å². The minimum absolute atomic E-state index is 0.160. The predicted octanol–water partition coefficient (Wildman–Crippen LogP) is 1.38. The molecule has 0 radical (unpaired) electrons. The minimum atomic E-state index is -0.686. The molecule has 0 amide bonds. The summed E-state index contributed by atoms with van der Waals surface area (Å²) in [5.41, 5.74) is 2.28. The second-order valence-corrected chi connectivity index (χ2v) is 5.07. The van der Waals surface area contributed by atoms with Gasteiger partial charge in [-0.2, -0.15) is 5.10 Å². The van der Waals surface area contributed by atoms with Crippen LogP contribution in [0, 0.1) is 10.1 Å². The topological polar surface area (TPSA) is 144 Å². The van der Waals surface area contributed by atoms with E-state index < -0.39 is 16.4 Å². The molecule has 1 aromatic carbocycles. The number of nitro groups is 1. The summed E-state index contributed by atoms with van der Waals surface area (Å²) in [5, 5.41) is 32.1. The van der Waals surface area contributed by atoms with Crippen molar-refractivity contribution in [1.29, 1.82) is 0 Å². The van der Waals surface area contributed by atoms with Gasteiger partial charge in [0.1, 0.15) is 0 Å². The molecule has 11 heteroatoms. The number of nitro benzene ring substituents is 1. The van der Waals surface area contributed by atoms with E-state index in [-0.39, 0.29) is 11.5 Å². The second kappa shape index (κ2) is 6.39. The van der Waals surface area contributed by atoms with Gasteiger partial charge >= 0.3 is 5.69 Å². The van der Waals surface area contributed by atoms with Gasteiger partial charge in [0.15, 0.2) is 5.82 Å². The van der Waals surface area contributed by atoms with E-state index in [1.54, 1.807) is 0 Å². The number of nitrogens with zero attached hydrogens (tertiary/aromatic N) is 5. The van der Waals surface area contributed by atoms with E-state index in [0.29, 0.717) is 16.7 Å². The SMILES string of the molecule is CCc1nnc(N/N=C\c2cc(Br)cc([N+](=O)[O-])c2O)n1N. The first-order valence-electron chi connectivity index (χ1n) is 6.09. The number of nitrogens with two attached hydrogens (primary N) is 1. The van der Waals surface area contributed by atoms with Crippen LogP contribution in [-0.4, -0.2) is 31.1 Å². The lowest BCUT2D eigenvalue weighted by molar-refractivity contribution is -0.385. The molecule has 1 heterocycles. The summed E-state index contributed by atoms with van der Waals surface area (Å²) in [6, 6.07) is 2.68. The van der Waals surface area contributed by atoms with Crippen LogP contribution >= 0.6 is 15.9 Å². The van der Waals surface area contributed by atoms with Gasteiger partial charge in [-0.1, -0.05) is 22.9 Å². The molecule has 0 aliphatic carbocycles. The van der Waals surface area contributed by atoms with Crippen LogP contribution in [0.2, 0.25) is 0 Å². The lowest BCUT2D eigenvalue weighted by atomic mass is 10.2. The number of hydrogen-bond acceptors (Lipinski definition) is 8. The van der Waals surface area contributed by atoms with Crippen molar-refractivity contribution in [2.45, 2.75) is 13.3 Å². The number of aryl methyl sites for hydroxylation is 1. The van der Waals surface area contributed by atoms with Crippen LogP contribution in [0.25, 0.3) is 0 Å². The van der Waals surface area contributed by atoms with E-state index in [1.807, 2.05) is 6.92 Å². The second-order valence-electron chi connectivity index (χ2n) is 4.15. The first kappa shape index (κ1) is 15.7. The summed E-state index contributed by atoms with van der Waals surface area (Å²) in [6.07, 6.45) is 1.82. The summed E-state index contributed by atoms with van der Waals surface area (Å²) in [7, 11) is 0. The molecule has 0 unspecified atom stereocenters. The zero-order valence-electron chi connectivity index (χ0n) is 11.4. The monoisotopic (exact) mass is 369 g/mol. The highest BCUT2D eigenvalue weighted by atomic mass is 79.9. The third-order valence-corrected chi connectivity index (χ3v) is 3.19. The first-order chi connectivity index (χ1) is 10.4. The molecule has 0 atom stereocenters. The Kier molecular flexibility index (Phi) is 4.56. The molecule has 0 aliphatic rings. The van der Waals surface area contributed by atoms with Gasteiger partial charge in [0.2, 0.25) is 5.75 Å². The molecule has 4 N–H and O–H groups in total. The number of hydrazone groups is 1. The number of hydrogen-bond donors (Lipinski definition) is 3. The molecule has 0 saturated carbocycles. The lowest BCUT2D eigenvalue weighted by Gasteiger charge is -2.03. The van der Waals surface area contributed by atoms with Crippen molar-refractivity contribution in [3.63, 3.8) is 0 Å². The Morgan fingerprint density at radius 1 is 1.59 bits per heavy atom. The Hall–Kier alpha value is -2.69. The zero-order valence-corrected chi connectivity index (χ0v) is 13.0. The summed E-state index contributed by atoms with van der Waals surface area (Å²) >= 11 is 3.13. The van der Waals surface area contributed by atoms with Crippen LogP contribution in [0.4, 0.5) is 11.6 Å². The molecule has 0 aliphatic heterocycles. The summed E-state index contributed by atoms with van der Waals surface area (Å²) in [6.45, 7) is 1.87. The van der Waals surface area contributed by atoms with E-state index in [2.05, 4.69) is 36.7 Å². The average molecular weight is 370 g/mol. The molecule has 1 aromatic heterocycles. The van der Waals surface area contributed by atoms with E-state index in [1.165, 1.54) is 23.0 Å². The molecule has 116 valence electrons. The van der Waals surface area contributed by atoms with Crippen LogP contribution in [0.15, 0.2) is 21.7 Å². The number of rotatable bonds is 5. The molecule has 22 heavy (non-hydrogen) atoms. The van der Waals surface area contributed by atoms with Gasteiger partial charge in [0.25, 0.3) is 5.95 Å². The van der Waals surface area contributed by atoms with Crippen LogP contribution in [0.3, 0.4) is 0 Å². The van der Waals surface area contributed by atoms with Gasteiger partial charge in [0, 0.05) is 22.5 Å². The van der Waals surface area contributed by atoms with E-state index in [9.17, 15) is 15.2 Å².